The topological polar surface area (TPSA) is 66.5 Å². The zero-order valence-electron chi connectivity index (χ0n) is 16.5. The quantitative estimate of drug-likeness (QED) is 0.776. The highest BCUT2D eigenvalue weighted by atomic mass is 32.2. The number of rotatable bonds is 7. The van der Waals surface area contributed by atoms with Crippen LogP contribution in [0, 0.1) is 0 Å². The molecule has 1 aliphatic heterocycles. The lowest BCUT2D eigenvalue weighted by Gasteiger charge is -2.35. The van der Waals surface area contributed by atoms with E-state index in [-0.39, 0.29) is 17.7 Å². The van der Waals surface area contributed by atoms with Crippen LogP contribution in [-0.4, -0.2) is 44.6 Å². The third-order valence-electron chi connectivity index (χ3n) is 5.26. The molecule has 2 aromatic carbocycles. The number of fused-ring (bicyclic) bond motifs is 1. The van der Waals surface area contributed by atoms with Crippen LogP contribution in [0.3, 0.4) is 0 Å². The van der Waals surface area contributed by atoms with Gasteiger partial charge in [0.15, 0.2) is 9.84 Å². The summed E-state index contributed by atoms with van der Waals surface area (Å²) in [5.74, 6) is -0.218. The van der Waals surface area contributed by atoms with E-state index in [4.69, 9.17) is 0 Å². The molecule has 5 nitrogen and oxygen atoms in total. The van der Waals surface area contributed by atoms with Crippen molar-refractivity contribution in [3.05, 3.63) is 70.8 Å². The highest BCUT2D eigenvalue weighted by Gasteiger charge is 2.22. The number of hydrogen-bond donors (Lipinski definition) is 1. The summed E-state index contributed by atoms with van der Waals surface area (Å²) in [6.07, 6.45) is 3.19. The molecular weight excluding hydrogens is 372 g/mol. The molecule has 28 heavy (non-hydrogen) atoms. The highest BCUT2D eigenvalue weighted by molar-refractivity contribution is 7.89. The lowest BCUT2D eigenvalue weighted by Crippen LogP contribution is -2.45. The van der Waals surface area contributed by atoms with E-state index in [1.165, 1.54) is 17.4 Å². The molecule has 0 aliphatic carbocycles. The average molecular weight is 401 g/mol. The van der Waals surface area contributed by atoms with Gasteiger partial charge in [0.2, 0.25) is 0 Å². The third kappa shape index (κ3) is 5.42. The summed E-state index contributed by atoms with van der Waals surface area (Å²) in [5, 5.41) is 3.03. The van der Waals surface area contributed by atoms with Gasteiger partial charge in [0, 0.05) is 37.5 Å². The largest absolute Gasteiger partial charge is 0.350 e. The molecule has 0 saturated heterocycles. The number of amides is 1. The van der Waals surface area contributed by atoms with Crippen LogP contribution in [0.2, 0.25) is 0 Å². The summed E-state index contributed by atoms with van der Waals surface area (Å²) in [6.45, 7) is 4.63. The SMILES string of the molecule is CC[C@H](CNC(=O)c1cccc(CS(C)(=O)=O)c1)N1CCc2ccccc2C1. The number of sulfone groups is 1. The Labute approximate surface area is 167 Å². The van der Waals surface area contributed by atoms with Gasteiger partial charge in [-0.2, -0.15) is 0 Å². The van der Waals surface area contributed by atoms with E-state index in [1.54, 1.807) is 24.3 Å². The Kier molecular flexibility index (Phi) is 6.52. The third-order valence-corrected chi connectivity index (χ3v) is 6.12. The Bertz CT molecular complexity index is 940. The summed E-state index contributed by atoms with van der Waals surface area (Å²) < 4.78 is 23.0. The second-order valence-corrected chi connectivity index (χ2v) is 9.67. The van der Waals surface area contributed by atoms with Crippen LogP contribution >= 0.6 is 0 Å². The molecule has 1 amide bonds. The normalized spacial score (nSPS) is 15.6. The van der Waals surface area contributed by atoms with Gasteiger partial charge in [-0.3, -0.25) is 9.69 Å². The van der Waals surface area contributed by atoms with Crippen LogP contribution in [0.15, 0.2) is 48.5 Å². The summed E-state index contributed by atoms with van der Waals surface area (Å²) in [6, 6.07) is 15.7. The summed E-state index contributed by atoms with van der Waals surface area (Å²) >= 11 is 0. The first-order chi connectivity index (χ1) is 13.4. The first-order valence-corrected chi connectivity index (χ1v) is 11.8. The Morgan fingerprint density at radius 2 is 1.89 bits per heavy atom. The molecule has 0 aromatic heterocycles. The molecular formula is C22H28N2O3S. The van der Waals surface area contributed by atoms with Gasteiger partial charge >= 0.3 is 0 Å². The van der Waals surface area contributed by atoms with Gasteiger partial charge in [-0.25, -0.2) is 8.42 Å². The van der Waals surface area contributed by atoms with E-state index in [1.807, 2.05) is 0 Å². The van der Waals surface area contributed by atoms with Gasteiger partial charge < -0.3 is 5.32 Å². The lowest BCUT2D eigenvalue weighted by atomic mass is 9.98. The van der Waals surface area contributed by atoms with Crippen LogP contribution in [-0.2, 0) is 28.6 Å². The van der Waals surface area contributed by atoms with Crippen molar-refractivity contribution in [3.8, 4) is 0 Å². The average Bonchev–Trinajstić information content (AvgIpc) is 2.67. The Morgan fingerprint density at radius 3 is 2.61 bits per heavy atom. The summed E-state index contributed by atoms with van der Waals surface area (Å²) in [7, 11) is -3.13. The molecule has 1 heterocycles. The molecule has 0 fully saturated rings. The molecule has 0 unspecified atom stereocenters. The van der Waals surface area contributed by atoms with Crippen LogP contribution in [0.25, 0.3) is 0 Å². The molecule has 150 valence electrons. The molecule has 1 atom stereocenters. The predicted octanol–water partition coefficient (Wildman–Crippen LogP) is 2.80. The Hall–Kier alpha value is -2.18. The summed E-state index contributed by atoms with van der Waals surface area (Å²) in [4.78, 5) is 15.0. The lowest BCUT2D eigenvalue weighted by molar-refractivity contribution is 0.0926. The number of hydrogen-bond acceptors (Lipinski definition) is 4. The van der Waals surface area contributed by atoms with E-state index >= 15 is 0 Å². The fraction of sp³-hybridized carbons (Fsp3) is 0.409. The second kappa shape index (κ2) is 8.88. The molecule has 0 bridgehead atoms. The van der Waals surface area contributed by atoms with Gasteiger partial charge in [-0.05, 0) is 41.7 Å². The van der Waals surface area contributed by atoms with Crippen molar-refractivity contribution >= 4 is 15.7 Å². The van der Waals surface area contributed by atoms with Crippen molar-refractivity contribution in [2.24, 2.45) is 0 Å². The molecule has 0 radical (unpaired) electrons. The number of nitrogens with one attached hydrogen (secondary N) is 1. The van der Waals surface area contributed by atoms with E-state index in [0.717, 1.165) is 25.9 Å². The van der Waals surface area contributed by atoms with Gasteiger partial charge in [0.1, 0.15) is 0 Å². The van der Waals surface area contributed by atoms with Gasteiger partial charge in [0.05, 0.1) is 5.75 Å². The zero-order chi connectivity index (χ0) is 20.1. The second-order valence-electron chi connectivity index (χ2n) is 7.53. The maximum absolute atomic E-state index is 12.6. The van der Waals surface area contributed by atoms with Crippen molar-refractivity contribution in [2.75, 3.05) is 19.3 Å². The number of benzene rings is 2. The molecule has 3 rings (SSSR count). The first-order valence-electron chi connectivity index (χ1n) is 9.71. The minimum absolute atomic E-state index is 0.0567. The molecule has 2 aromatic rings. The van der Waals surface area contributed by atoms with Gasteiger partial charge in [-0.15, -0.1) is 0 Å². The number of carbonyl (C=O) groups excluding carboxylic acids is 1. The number of nitrogens with zero attached hydrogens (tertiary/aromatic N) is 1. The number of carbonyl (C=O) groups is 1. The Morgan fingerprint density at radius 1 is 1.14 bits per heavy atom. The van der Waals surface area contributed by atoms with Gasteiger partial charge in [-0.1, -0.05) is 43.3 Å². The fourth-order valence-corrected chi connectivity index (χ4v) is 4.56. The maximum Gasteiger partial charge on any atom is 0.251 e. The Balaban J connectivity index is 1.61. The van der Waals surface area contributed by atoms with Crippen molar-refractivity contribution in [3.63, 3.8) is 0 Å². The maximum atomic E-state index is 12.6. The van der Waals surface area contributed by atoms with E-state index in [2.05, 4.69) is 41.4 Å². The van der Waals surface area contributed by atoms with Crippen LogP contribution < -0.4 is 5.32 Å². The van der Waals surface area contributed by atoms with Crippen molar-refractivity contribution in [1.29, 1.82) is 0 Å². The minimum atomic E-state index is -3.13. The van der Waals surface area contributed by atoms with E-state index in [0.29, 0.717) is 17.7 Å². The van der Waals surface area contributed by atoms with Crippen LogP contribution in [0.5, 0.6) is 0 Å². The van der Waals surface area contributed by atoms with E-state index in [9.17, 15) is 13.2 Å². The van der Waals surface area contributed by atoms with Crippen molar-refractivity contribution in [2.45, 2.75) is 38.1 Å². The van der Waals surface area contributed by atoms with Crippen LogP contribution in [0.1, 0.15) is 40.4 Å². The first kappa shape index (κ1) is 20.6. The molecule has 1 N–H and O–H groups in total. The predicted molar refractivity (Wildman–Crippen MR) is 112 cm³/mol. The minimum Gasteiger partial charge on any atom is -0.350 e. The molecule has 6 heteroatoms. The highest BCUT2D eigenvalue weighted by Crippen LogP contribution is 2.21. The molecule has 0 spiro atoms. The molecule has 0 saturated carbocycles. The molecule has 1 aliphatic rings. The smallest absolute Gasteiger partial charge is 0.251 e. The van der Waals surface area contributed by atoms with Crippen molar-refractivity contribution in [1.82, 2.24) is 10.2 Å². The monoisotopic (exact) mass is 400 g/mol. The standard InChI is InChI=1S/C22H28N2O3S/c1-3-21(24-12-11-18-8-4-5-9-20(18)15-24)14-23-22(25)19-10-6-7-17(13-19)16-28(2,26)27/h4-10,13,21H,3,11-12,14-16H2,1-2H3,(H,23,25)/t21-/m1/s1. The van der Waals surface area contributed by atoms with Crippen molar-refractivity contribution < 1.29 is 13.2 Å². The fourth-order valence-electron chi connectivity index (χ4n) is 3.78. The van der Waals surface area contributed by atoms with Crippen LogP contribution in [0.4, 0.5) is 0 Å². The zero-order valence-corrected chi connectivity index (χ0v) is 17.3. The summed E-state index contributed by atoms with van der Waals surface area (Å²) in [5.41, 5.74) is 3.92. The van der Waals surface area contributed by atoms with E-state index < -0.39 is 9.84 Å². The van der Waals surface area contributed by atoms with Gasteiger partial charge in [0.25, 0.3) is 5.91 Å².